The smallest absolute Gasteiger partial charge is 0.492 e. The average Bonchev–Trinajstić information content (AvgIpc) is 2.27. The fourth-order valence-corrected chi connectivity index (χ4v) is 1.92. The topological polar surface area (TPSA) is 43.4 Å². The fourth-order valence-electron chi connectivity index (χ4n) is 1.29. The second kappa shape index (κ2) is 5.81. The zero-order valence-corrected chi connectivity index (χ0v) is 10.9. The highest BCUT2D eigenvalue weighted by atomic mass is 32.2. The average molecular weight is 299 g/mol. The first-order valence-corrected chi connectivity index (χ1v) is 7.30. The third-order valence-electron chi connectivity index (χ3n) is 2.43. The van der Waals surface area contributed by atoms with Crippen molar-refractivity contribution in [2.45, 2.75) is 6.92 Å². The largest absolute Gasteiger partial charge is 0.512 e. The van der Waals surface area contributed by atoms with Gasteiger partial charge in [-0.25, -0.2) is 12.8 Å². The van der Waals surface area contributed by atoms with Crippen LogP contribution in [0.5, 0.6) is 5.75 Å². The van der Waals surface area contributed by atoms with Crippen LogP contribution in [0.15, 0.2) is 18.2 Å². The van der Waals surface area contributed by atoms with Gasteiger partial charge in [-0.15, -0.1) is 0 Å². The van der Waals surface area contributed by atoms with E-state index in [4.69, 9.17) is 4.74 Å². The van der Waals surface area contributed by atoms with Crippen LogP contribution in [0.2, 0.25) is 0 Å². The van der Waals surface area contributed by atoms with Crippen LogP contribution in [-0.2, 0) is 9.84 Å². The molecule has 108 valence electrons. The van der Waals surface area contributed by atoms with Gasteiger partial charge in [-0.05, 0) is 6.07 Å². The minimum atomic E-state index is -5.41. The van der Waals surface area contributed by atoms with Crippen LogP contribution in [0.25, 0.3) is 0 Å². The maximum absolute atomic E-state index is 13.2. The lowest BCUT2D eigenvalue weighted by molar-refractivity contribution is 0.339. The third-order valence-corrected chi connectivity index (χ3v) is 4.10. The number of ether oxygens (including phenoxy) is 1. The summed E-state index contributed by atoms with van der Waals surface area (Å²) in [5.74, 6) is -1.88. The first-order chi connectivity index (χ1) is 8.65. The molecular weight excluding hydrogens is 287 g/mol. The molecule has 0 N–H and O–H groups in total. The summed E-state index contributed by atoms with van der Waals surface area (Å²) >= 11 is 0. The molecule has 0 radical (unpaired) electrons. The molecule has 0 atom stereocenters. The molecule has 1 rings (SSSR count). The van der Waals surface area contributed by atoms with Gasteiger partial charge in [-0.3, -0.25) is 0 Å². The van der Waals surface area contributed by atoms with Gasteiger partial charge in [0, 0.05) is 11.8 Å². The SMILES string of the molecule is CCS(=O)(=O)CCOc1ccc([B-](F)(F)F)c(F)c1. The quantitative estimate of drug-likeness (QED) is 0.593. The van der Waals surface area contributed by atoms with Crippen LogP contribution in [-0.4, -0.2) is 33.5 Å². The molecule has 0 spiro atoms. The molecule has 0 unspecified atom stereocenters. The summed E-state index contributed by atoms with van der Waals surface area (Å²) in [7, 11) is -3.23. The van der Waals surface area contributed by atoms with E-state index >= 15 is 0 Å². The van der Waals surface area contributed by atoms with E-state index in [-0.39, 0.29) is 23.9 Å². The first-order valence-electron chi connectivity index (χ1n) is 5.48. The minimum absolute atomic E-state index is 0.0553. The Bertz CT molecular complexity index is 542. The van der Waals surface area contributed by atoms with Crippen molar-refractivity contribution >= 4 is 22.3 Å². The van der Waals surface area contributed by atoms with Crippen molar-refractivity contribution in [1.82, 2.24) is 0 Å². The molecule has 0 bridgehead atoms. The number of hydrogen-bond donors (Lipinski definition) is 0. The van der Waals surface area contributed by atoms with Crippen LogP contribution < -0.4 is 10.2 Å². The lowest BCUT2D eigenvalue weighted by atomic mass is 9.80. The second-order valence-electron chi connectivity index (χ2n) is 3.84. The summed E-state index contributed by atoms with van der Waals surface area (Å²) in [5, 5.41) is 0. The number of hydrogen-bond acceptors (Lipinski definition) is 3. The van der Waals surface area contributed by atoms with Gasteiger partial charge in [0.05, 0.1) is 11.6 Å². The highest BCUT2D eigenvalue weighted by Gasteiger charge is 2.28. The van der Waals surface area contributed by atoms with Crippen LogP contribution in [0, 0.1) is 5.82 Å². The number of rotatable bonds is 6. The third kappa shape index (κ3) is 4.74. The number of halogens is 4. The van der Waals surface area contributed by atoms with Crippen molar-refractivity contribution in [2.24, 2.45) is 0 Å². The lowest BCUT2D eigenvalue weighted by Crippen LogP contribution is -2.36. The predicted molar refractivity (Wildman–Crippen MR) is 64.9 cm³/mol. The predicted octanol–water partition coefficient (Wildman–Crippen LogP) is 1.69. The van der Waals surface area contributed by atoms with Crippen molar-refractivity contribution < 1.29 is 30.5 Å². The molecule has 0 aliphatic heterocycles. The maximum atomic E-state index is 13.2. The first kappa shape index (κ1) is 15.8. The van der Waals surface area contributed by atoms with E-state index in [9.17, 15) is 25.8 Å². The summed E-state index contributed by atoms with van der Waals surface area (Å²) in [6, 6.07) is 2.15. The molecule has 19 heavy (non-hydrogen) atoms. The van der Waals surface area contributed by atoms with Gasteiger partial charge in [0.25, 0.3) is 0 Å². The molecule has 0 heterocycles. The lowest BCUT2D eigenvalue weighted by Gasteiger charge is -2.16. The maximum Gasteiger partial charge on any atom is 0.512 e. The Morgan fingerprint density at radius 3 is 2.37 bits per heavy atom. The molecule has 0 aromatic heterocycles. The van der Waals surface area contributed by atoms with E-state index in [1.54, 1.807) is 0 Å². The van der Waals surface area contributed by atoms with E-state index in [1.807, 2.05) is 0 Å². The highest BCUT2D eigenvalue weighted by molar-refractivity contribution is 7.91. The van der Waals surface area contributed by atoms with E-state index in [0.717, 1.165) is 6.07 Å². The van der Waals surface area contributed by atoms with Crippen molar-refractivity contribution in [3.63, 3.8) is 0 Å². The number of benzene rings is 1. The molecule has 1 aromatic carbocycles. The normalized spacial score (nSPS) is 12.5. The molecular formula is C10H12BF4O3S-. The highest BCUT2D eigenvalue weighted by Crippen LogP contribution is 2.16. The Kier molecular flexibility index (Phi) is 4.83. The van der Waals surface area contributed by atoms with Gasteiger partial charge in [0.2, 0.25) is 0 Å². The summed E-state index contributed by atoms with van der Waals surface area (Å²) < 4.78 is 77.4. The van der Waals surface area contributed by atoms with Gasteiger partial charge in [0.15, 0.2) is 9.84 Å². The molecule has 0 saturated heterocycles. The van der Waals surface area contributed by atoms with Gasteiger partial charge < -0.3 is 17.7 Å². The molecule has 0 aliphatic carbocycles. The van der Waals surface area contributed by atoms with Gasteiger partial charge in [0.1, 0.15) is 12.4 Å². The Hall–Kier alpha value is -1.25. The van der Waals surface area contributed by atoms with Crippen molar-refractivity contribution in [2.75, 3.05) is 18.1 Å². The van der Waals surface area contributed by atoms with Gasteiger partial charge in [-0.2, -0.15) is 0 Å². The van der Waals surface area contributed by atoms with E-state index in [1.165, 1.54) is 6.92 Å². The van der Waals surface area contributed by atoms with Crippen molar-refractivity contribution in [3.8, 4) is 5.75 Å². The van der Waals surface area contributed by atoms with E-state index < -0.39 is 28.1 Å². The standard InChI is InChI=1S/C10H12BF4O3S/c1-2-19(16,17)6-5-18-8-3-4-9(10(12)7-8)11(13,14)15/h3-4,7H,2,5-6H2,1H3/q-1. The number of sulfone groups is 1. The molecule has 9 heteroatoms. The molecule has 0 amide bonds. The summed E-state index contributed by atoms with van der Waals surface area (Å²) in [6.07, 6.45) is 0. The van der Waals surface area contributed by atoms with Crippen LogP contribution >= 0.6 is 0 Å². The van der Waals surface area contributed by atoms with Crippen LogP contribution in [0.1, 0.15) is 6.92 Å². The fraction of sp³-hybridized carbons (Fsp3) is 0.400. The van der Waals surface area contributed by atoms with Crippen molar-refractivity contribution in [3.05, 3.63) is 24.0 Å². The van der Waals surface area contributed by atoms with E-state index in [2.05, 4.69) is 0 Å². The van der Waals surface area contributed by atoms with Crippen LogP contribution in [0.4, 0.5) is 17.3 Å². The summed E-state index contributed by atoms with van der Waals surface area (Å²) in [5.41, 5.74) is -1.33. The van der Waals surface area contributed by atoms with Crippen LogP contribution in [0.3, 0.4) is 0 Å². The summed E-state index contributed by atoms with van der Waals surface area (Å²) in [4.78, 5) is 0. The molecule has 1 aromatic rings. The van der Waals surface area contributed by atoms with E-state index in [0.29, 0.717) is 12.1 Å². The molecule has 0 saturated carbocycles. The monoisotopic (exact) mass is 299 g/mol. The summed E-state index contributed by atoms with van der Waals surface area (Å²) in [6.45, 7) is -4.17. The minimum Gasteiger partial charge on any atom is -0.492 e. The molecule has 0 fully saturated rings. The Morgan fingerprint density at radius 1 is 1.26 bits per heavy atom. The van der Waals surface area contributed by atoms with Crippen molar-refractivity contribution in [1.29, 1.82) is 0 Å². The molecule has 0 aliphatic rings. The Labute approximate surface area is 108 Å². The van der Waals surface area contributed by atoms with Gasteiger partial charge in [-0.1, -0.05) is 18.5 Å². The zero-order chi connectivity index (χ0) is 14.7. The zero-order valence-electron chi connectivity index (χ0n) is 10.1. The second-order valence-corrected chi connectivity index (χ2v) is 6.32. The molecule has 3 nitrogen and oxygen atoms in total. The Balaban J connectivity index is 2.70. The Morgan fingerprint density at radius 2 is 1.89 bits per heavy atom. The van der Waals surface area contributed by atoms with Gasteiger partial charge >= 0.3 is 6.98 Å².